The molecule has 4 rings (SSSR count). The van der Waals surface area contributed by atoms with Crippen molar-refractivity contribution >= 4 is 34.4 Å². The average Bonchev–Trinajstić information content (AvgIpc) is 3.16. The van der Waals surface area contributed by atoms with Gasteiger partial charge in [0.05, 0.1) is 15.1 Å². The molecule has 0 N–H and O–H groups in total. The van der Waals surface area contributed by atoms with Crippen LogP contribution in [-0.4, -0.2) is 22.6 Å². The van der Waals surface area contributed by atoms with Crippen LogP contribution in [0.5, 0.6) is 0 Å². The van der Waals surface area contributed by atoms with Gasteiger partial charge in [-0.05, 0) is 49.1 Å². The number of hydrogen-bond acceptors (Lipinski definition) is 7. The number of aromatic nitrogens is 1. The van der Waals surface area contributed by atoms with E-state index in [1.165, 1.54) is 10.6 Å². The number of thiazole rings is 1. The first-order valence-corrected chi connectivity index (χ1v) is 11.2. The average molecular weight is 458 g/mol. The molecule has 0 amide bonds. The first-order valence-electron chi connectivity index (χ1n) is 10.4. The second kappa shape index (κ2) is 9.51. The minimum Gasteiger partial charge on any atom is -0.366 e. The summed E-state index contributed by atoms with van der Waals surface area (Å²) in [6, 6.07) is 17.4. The monoisotopic (exact) mass is 457 g/mol. The van der Waals surface area contributed by atoms with Gasteiger partial charge in [-0.1, -0.05) is 24.3 Å². The molecule has 0 aliphatic carbocycles. The number of nitro benzene ring substituents is 1. The van der Waals surface area contributed by atoms with Crippen LogP contribution in [0.2, 0.25) is 0 Å². The normalized spacial score (nSPS) is 13.9. The van der Waals surface area contributed by atoms with Crippen molar-refractivity contribution in [1.29, 1.82) is 10.5 Å². The van der Waals surface area contributed by atoms with Gasteiger partial charge >= 0.3 is 0 Å². The van der Waals surface area contributed by atoms with Crippen molar-refractivity contribution in [3.63, 3.8) is 0 Å². The lowest BCUT2D eigenvalue weighted by Crippen LogP contribution is -2.30. The Hall–Kier alpha value is -4.21. The van der Waals surface area contributed by atoms with Crippen molar-refractivity contribution in [2.45, 2.75) is 19.3 Å². The molecule has 1 fully saturated rings. The molecule has 33 heavy (non-hydrogen) atoms. The van der Waals surface area contributed by atoms with Gasteiger partial charge in [-0.2, -0.15) is 10.5 Å². The van der Waals surface area contributed by atoms with Crippen molar-refractivity contribution in [1.82, 2.24) is 4.57 Å². The van der Waals surface area contributed by atoms with E-state index in [0.717, 1.165) is 43.7 Å². The van der Waals surface area contributed by atoms with Crippen LogP contribution < -0.4 is 19.7 Å². The fraction of sp³-hybridized carbons (Fsp3) is 0.208. The lowest BCUT2D eigenvalue weighted by atomic mass is 10.1. The molecule has 1 aliphatic heterocycles. The Morgan fingerprint density at radius 1 is 1.06 bits per heavy atom. The first-order chi connectivity index (χ1) is 16.0. The standard InChI is InChI=1S/C24H19N5O3S/c25-15-18(16-26)24-28(19-7-3-1-4-8-19)23(30)22(33-24)14-17-9-10-20(21(13-17)29(31)32)27-11-5-2-6-12-27/h1,3-4,7-10,13-14H,2,5-6,11-12H2. The maximum absolute atomic E-state index is 13.2. The van der Waals surface area contributed by atoms with Crippen LogP contribution in [0, 0.1) is 32.8 Å². The molecule has 1 aliphatic rings. The SMILES string of the molecule is N#CC(C#N)=c1sc(=Cc2ccc(N3CCCCC3)c([N+](=O)[O-])c2)c(=O)n1-c1ccccc1. The molecule has 1 aromatic heterocycles. The van der Waals surface area contributed by atoms with Gasteiger partial charge in [-0.25, -0.2) is 0 Å². The highest BCUT2D eigenvalue weighted by atomic mass is 32.1. The Bertz CT molecular complexity index is 1450. The summed E-state index contributed by atoms with van der Waals surface area (Å²) >= 11 is 1.01. The smallest absolute Gasteiger partial charge is 0.293 e. The van der Waals surface area contributed by atoms with Crippen molar-refractivity contribution in [3.05, 3.63) is 83.8 Å². The molecule has 0 bridgehead atoms. The number of nitro groups is 1. The molecule has 1 saturated heterocycles. The molecule has 2 heterocycles. The fourth-order valence-electron chi connectivity index (χ4n) is 3.91. The number of para-hydroxylation sites is 1. The van der Waals surface area contributed by atoms with Crippen LogP contribution in [0.3, 0.4) is 0 Å². The third-order valence-corrected chi connectivity index (χ3v) is 6.56. The van der Waals surface area contributed by atoms with Gasteiger partial charge in [0, 0.05) is 19.2 Å². The predicted molar refractivity (Wildman–Crippen MR) is 127 cm³/mol. The summed E-state index contributed by atoms with van der Waals surface area (Å²) in [6.07, 6.45) is 4.68. The lowest BCUT2D eigenvalue weighted by molar-refractivity contribution is -0.384. The molecule has 0 spiro atoms. The van der Waals surface area contributed by atoms with Gasteiger partial charge in [-0.3, -0.25) is 19.5 Å². The number of benzene rings is 2. The Labute approximate surface area is 193 Å². The third kappa shape index (κ3) is 4.40. The fourth-order valence-corrected chi connectivity index (χ4v) is 4.97. The first kappa shape index (κ1) is 22.0. The van der Waals surface area contributed by atoms with Gasteiger partial charge in [0.2, 0.25) is 0 Å². The lowest BCUT2D eigenvalue weighted by Gasteiger charge is -2.28. The van der Waals surface area contributed by atoms with E-state index in [1.54, 1.807) is 48.5 Å². The molecular weight excluding hydrogens is 438 g/mol. The summed E-state index contributed by atoms with van der Waals surface area (Å²) in [5, 5.41) is 30.5. The van der Waals surface area contributed by atoms with E-state index in [1.807, 2.05) is 17.0 Å². The van der Waals surface area contributed by atoms with Gasteiger partial charge in [0.15, 0.2) is 5.57 Å². The number of nitriles is 2. The van der Waals surface area contributed by atoms with Crippen LogP contribution in [0.4, 0.5) is 11.4 Å². The van der Waals surface area contributed by atoms with Crippen molar-refractivity contribution in [2.75, 3.05) is 18.0 Å². The van der Waals surface area contributed by atoms with Crippen molar-refractivity contribution < 1.29 is 4.92 Å². The molecule has 164 valence electrons. The van der Waals surface area contributed by atoms with Crippen LogP contribution in [0.25, 0.3) is 17.3 Å². The summed E-state index contributed by atoms with van der Waals surface area (Å²) in [5.41, 5.74) is 1.03. The second-order valence-corrected chi connectivity index (χ2v) is 8.57. The second-order valence-electron chi connectivity index (χ2n) is 7.54. The molecule has 0 radical (unpaired) electrons. The van der Waals surface area contributed by atoms with E-state index in [9.17, 15) is 25.4 Å². The minimum absolute atomic E-state index is 0.00730. The number of hydrogen-bond donors (Lipinski definition) is 0. The summed E-state index contributed by atoms with van der Waals surface area (Å²) in [7, 11) is 0. The number of nitrogens with zero attached hydrogens (tertiary/aromatic N) is 5. The summed E-state index contributed by atoms with van der Waals surface area (Å²) in [4.78, 5) is 26.6. The topological polar surface area (TPSA) is 116 Å². The zero-order valence-electron chi connectivity index (χ0n) is 17.6. The van der Waals surface area contributed by atoms with E-state index in [-0.39, 0.29) is 20.5 Å². The summed E-state index contributed by atoms with van der Waals surface area (Å²) < 4.78 is 1.83. The molecular formula is C24H19N5O3S. The number of rotatable bonds is 4. The largest absolute Gasteiger partial charge is 0.366 e. The highest BCUT2D eigenvalue weighted by molar-refractivity contribution is 7.07. The van der Waals surface area contributed by atoms with E-state index in [2.05, 4.69) is 0 Å². The van der Waals surface area contributed by atoms with Crippen LogP contribution in [0.15, 0.2) is 53.3 Å². The maximum Gasteiger partial charge on any atom is 0.293 e. The number of piperidine rings is 1. The highest BCUT2D eigenvalue weighted by Crippen LogP contribution is 2.31. The highest BCUT2D eigenvalue weighted by Gasteiger charge is 2.21. The maximum atomic E-state index is 13.2. The Morgan fingerprint density at radius 2 is 1.76 bits per heavy atom. The zero-order valence-corrected chi connectivity index (χ0v) is 18.4. The van der Waals surface area contributed by atoms with Crippen molar-refractivity contribution in [2.24, 2.45) is 0 Å². The minimum atomic E-state index is -0.402. The molecule has 8 nitrogen and oxygen atoms in total. The molecule has 9 heteroatoms. The summed E-state index contributed by atoms with van der Waals surface area (Å²) in [6.45, 7) is 1.56. The number of anilines is 1. The third-order valence-electron chi connectivity index (χ3n) is 5.47. The van der Waals surface area contributed by atoms with Gasteiger partial charge in [0.1, 0.15) is 22.5 Å². The molecule has 2 aromatic carbocycles. The van der Waals surface area contributed by atoms with Crippen LogP contribution >= 0.6 is 11.3 Å². The predicted octanol–water partition coefficient (Wildman–Crippen LogP) is 2.82. The molecule has 0 unspecified atom stereocenters. The Balaban J connectivity index is 1.90. The van der Waals surface area contributed by atoms with E-state index in [4.69, 9.17) is 0 Å². The van der Waals surface area contributed by atoms with E-state index >= 15 is 0 Å². The molecule has 0 atom stereocenters. The Kier molecular flexibility index (Phi) is 6.34. The van der Waals surface area contributed by atoms with Gasteiger partial charge in [-0.15, -0.1) is 11.3 Å². The van der Waals surface area contributed by atoms with Crippen LogP contribution in [0.1, 0.15) is 24.8 Å². The van der Waals surface area contributed by atoms with Crippen LogP contribution in [-0.2, 0) is 0 Å². The summed E-state index contributed by atoms with van der Waals surface area (Å²) in [5.74, 6) is 0. The molecule has 0 saturated carbocycles. The van der Waals surface area contributed by atoms with Gasteiger partial charge in [0.25, 0.3) is 11.2 Å². The van der Waals surface area contributed by atoms with Crippen molar-refractivity contribution in [3.8, 4) is 17.8 Å². The van der Waals surface area contributed by atoms with Gasteiger partial charge < -0.3 is 4.90 Å². The van der Waals surface area contributed by atoms with E-state index in [0.29, 0.717) is 16.9 Å². The van der Waals surface area contributed by atoms with E-state index < -0.39 is 10.5 Å². The zero-order chi connectivity index (χ0) is 23.4. The Morgan fingerprint density at radius 3 is 2.39 bits per heavy atom. The quantitative estimate of drug-likeness (QED) is 0.439. The molecule has 3 aromatic rings.